The Morgan fingerprint density at radius 3 is 1.86 bits per heavy atom. The summed E-state index contributed by atoms with van der Waals surface area (Å²) in [5, 5.41) is 29.1. The van der Waals surface area contributed by atoms with Gasteiger partial charge in [0, 0.05) is 0 Å². The van der Waals surface area contributed by atoms with Crippen molar-refractivity contribution < 1.29 is 123 Å². The van der Waals surface area contributed by atoms with Crippen LogP contribution in [0.15, 0.2) is 24.3 Å². The van der Waals surface area contributed by atoms with Crippen molar-refractivity contribution in [3.63, 3.8) is 0 Å². The number of hydrogen-bond acceptors (Lipinski definition) is 3. The van der Waals surface area contributed by atoms with Crippen LogP contribution in [0.5, 0.6) is 0 Å². The predicted molar refractivity (Wildman–Crippen MR) is 38.8 cm³/mol. The Kier molecular flexibility index (Phi) is 11.8. The van der Waals surface area contributed by atoms with Gasteiger partial charge in [0.2, 0.25) is 0 Å². The van der Waals surface area contributed by atoms with Crippen molar-refractivity contribution in [2.75, 3.05) is 0 Å². The van der Waals surface area contributed by atoms with Gasteiger partial charge in [-0.3, -0.25) is 0 Å². The first kappa shape index (κ1) is 18.3. The Morgan fingerprint density at radius 1 is 1.14 bits per heavy atom. The van der Waals surface area contributed by atoms with Gasteiger partial charge < -0.3 is 15.2 Å². The summed E-state index contributed by atoms with van der Waals surface area (Å²) in [5.74, 6) is -1.07. The van der Waals surface area contributed by atoms with Crippen LogP contribution < -0.4 is 118 Å². The quantitative estimate of drug-likeness (QED) is 0.522. The number of carboxylic acid groups (broad SMARTS) is 1. The molecule has 1 aromatic rings. The maximum Gasteiger partial charge on any atom is 1.00 e. The van der Waals surface area contributed by atoms with E-state index in [-0.39, 0.29) is 114 Å². The van der Waals surface area contributed by atoms with E-state index in [4.69, 9.17) is 5.11 Å². The molecule has 0 heterocycles. The molecule has 0 radical (unpaired) electrons. The molecule has 0 saturated heterocycles. The van der Waals surface area contributed by atoms with Gasteiger partial charge in [-0.1, -0.05) is 19.3 Å². The monoisotopic (exact) mass is 242 g/mol. The van der Waals surface area contributed by atoms with E-state index in [9.17, 15) is 14.8 Å². The average molecular weight is 242 g/mol. The predicted octanol–water partition coefficient (Wildman–Crippen LogP) is -8.19. The van der Waals surface area contributed by atoms with Gasteiger partial charge in [0.15, 0.2) is 0 Å². The smallest absolute Gasteiger partial charge is 0.889 e. The molecule has 0 aliphatic heterocycles. The molecule has 0 spiro atoms. The third-order valence-electron chi connectivity index (χ3n) is 1.43. The molecule has 0 aromatic heterocycles. The second kappa shape index (κ2) is 9.03. The minimum absolute atomic E-state index is 0. The fourth-order valence-corrected chi connectivity index (χ4v) is 0.783. The van der Waals surface area contributed by atoms with Gasteiger partial charge in [-0.2, -0.15) is 0 Å². The van der Waals surface area contributed by atoms with E-state index in [0.717, 1.165) is 0 Å². The van der Waals surface area contributed by atoms with Crippen molar-refractivity contribution in [2.45, 2.75) is 0 Å². The standard InChI is InChI=1S/C7H5BO4.2K/c9-7(10)5-1-3-6(4-2-5)8(11)12;;/h1-4H,(H,9,10);;/q-2;2*+1. The van der Waals surface area contributed by atoms with Crippen LogP contribution in [0.1, 0.15) is 10.4 Å². The van der Waals surface area contributed by atoms with Crippen molar-refractivity contribution >= 4 is 18.6 Å². The van der Waals surface area contributed by atoms with Gasteiger partial charge in [0.1, 0.15) is 0 Å². The maximum absolute atomic E-state index is 10.3. The second-order valence-electron chi connectivity index (χ2n) is 2.26. The van der Waals surface area contributed by atoms with Crippen molar-refractivity contribution in [2.24, 2.45) is 0 Å². The molecule has 1 aromatic carbocycles. The first-order valence-electron chi connectivity index (χ1n) is 3.26. The molecule has 0 saturated carbocycles. The molecule has 14 heavy (non-hydrogen) atoms. The third kappa shape index (κ3) is 5.88. The van der Waals surface area contributed by atoms with Crippen LogP contribution in [-0.4, -0.2) is 18.2 Å². The molecule has 0 atom stereocenters. The molecule has 0 unspecified atom stereocenters. The van der Waals surface area contributed by atoms with Gasteiger partial charge >= 0.3 is 109 Å². The van der Waals surface area contributed by atoms with E-state index < -0.39 is 13.1 Å². The van der Waals surface area contributed by atoms with Crippen LogP contribution in [0.4, 0.5) is 0 Å². The molecule has 1 N–H and O–H groups in total. The number of rotatable bonds is 2. The van der Waals surface area contributed by atoms with Crippen molar-refractivity contribution in [1.82, 2.24) is 0 Å². The minimum atomic E-state index is -2.05. The van der Waals surface area contributed by atoms with Crippen molar-refractivity contribution in [3.05, 3.63) is 29.8 Å². The number of aromatic carboxylic acids is 1. The summed E-state index contributed by atoms with van der Waals surface area (Å²) in [5.41, 5.74) is 0.124. The van der Waals surface area contributed by atoms with Gasteiger partial charge in [-0.05, 0) is 12.1 Å². The first-order chi connectivity index (χ1) is 5.61. The largest absolute Gasteiger partial charge is 1.00 e. The minimum Gasteiger partial charge on any atom is -0.889 e. The van der Waals surface area contributed by atoms with Crippen LogP contribution in [0.3, 0.4) is 0 Å². The van der Waals surface area contributed by atoms with Crippen molar-refractivity contribution in [1.29, 1.82) is 0 Å². The van der Waals surface area contributed by atoms with E-state index in [2.05, 4.69) is 0 Å². The summed E-state index contributed by atoms with van der Waals surface area (Å²) in [4.78, 5) is 10.3. The molecule has 0 bridgehead atoms. The van der Waals surface area contributed by atoms with Gasteiger partial charge in [-0.25, -0.2) is 4.79 Å². The zero-order chi connectivity index (χ0) is 9.14. The second-order valence-corrected chi connectivity index (χ2v) is 2.26. The summed E-state index contributed by atoms with van der Waals surface area (Å²) < 4.78 is 0. The van der Waals surface area contributed by atoms with Crippen LogP contribution >= 0.6 is 0 Å². The molecule has 0 fully saturated rings. The summed E-state index contributed by atoms with van der Waals surface area (Å²) in [6.07, 6.45) is 0. The van der Waals surface area contributed by atoms with Crippen molar-refractivity contribution in [3.8, 4) is 0 Å². The van der Waals surface area contributed by atoms with Gasteiger partial charge in [0.05, 0.1) is 5.56 Å². The molecular weight excluding hydrogens is 237 g/mol. The Bertz CT molecular complexity index is 288. The number of hydrogen-bond donors (Lipinski definition) is 1. The molecule has 0 aliphatic rings. The Labute approximate surface area is 167 Å². The fraction of sp³-hybridized carbons (Fsp3) is 0. The Balaban J connectivity index is 0. The zero-order valence-electron chi connectivity index (χ0n) is 8.06. The maximum atomic E-state index is 10.3. The molecule has 62 valence electrons. The van der Waals surface area contributed by atoms with E-state index in [1.165, 1.54) is 24.3 Å². The number of benzene rings is 1. The van der Waals surface area contributed by atoms with Crippen LogP contribution in [0.2, 0.25) is 0 Å². The Hall–Kier alpha value is 1.95. The summed E-state index contributed by atoms with van der Waals surface area (Å²) in [6.45, 7) is 0. The molecule has 0 amide bonds. The van der Waals surface area contributed by atoms with Crippen LogP contribution in [0, 0.1) is 0 Å². The molecule has 0 aliphatic carbocycles. The van der Waals surface area contributed by atoms with Crippen LogP contribution in [0.25, 0.3) is 0 Å². The topological polar surface area (TPSA) is 83.4 Å². The summed E-state index contributed by atoms with van der Waals surface area (Å²) in [7, 11) is -2.05. The normalized spacial score (nSPS) is 8.14. The average Bonchev–Trinajstić information content (AvgIpc) is 2.04. The van der Waals surface area contributed by atoms with Crippen LogP contribution in [-0.2, 0) is 0 Å². The van der Waals surface area contributed by atoms with Gasteiger partial charge in [0.25, 0.3) is 0 Å². The van der Waals surface area contributed by atoms with E-state index >= 15 is 0 Å². The molecule has 1 rings (SSSR count). The Morgan fingerprint density at radius 2 is 1.57 bits per heavy atom. The third-order valence-corrected chi connectivity index (χ3v) is 1.43. The summed E-state index contributed by atoms with van der Waals surface area (Å²) >= 11 is 0. The number of carbonyl (C=O) groups is 1. The van der Waals surface area contributed by atoms with E-state index in [1.54, 1.807) is 0 Å². The molecule has 4 nitrogen and oxygen atoms in total. The molecule has 7 heteroatoms. The van der Waals surface area contributed by atoms with E-state index in [0.29, 0.717) is 0 Å². The first-order valence-corrected chi connectivity index (χ1v) is 3.26. The zero-order valence-corrected chi connectivity index (χ0v) is 14.3. The SMILES string of the molecule is O=C(O)c1ccc(B([O-])[O-])cc1.[K+].[K+]. The summed E-state index contributed by atoms with van der Waals surface area (Å²) in [6, 6.07) is 4.93. The van der Waals surface area contributed by atoms with Gasteiger partial charge in [-0.15, -0.1) is 5.46 Å². The fourth-order valence-electron chi connectivity index (χ4n) is 0.783. The van der Waals surface area contributed by atoms with E-state index in [1.807, 2.05) is 0 Å². The molecular formula is C7H5BK2O4. The number of carboxylic acids is 1.